The van der Waals surface area contributed by atoms with Crippen LogP contribution in [0, 0.1) is 0 Å². The highest BCUT2D eigenvalue weighted by molar-refractivity contribution is 5.76. The molecule has 0 spiro atoms. The number of benzene rings is 1. The van der Waals surface area contributed by atoms with Crippen molar-refractivity contribution >= 4 is 11.6 Å². The van der Waals surface area contributed by atoms with Gasteiger partial charge in [0.2, 0.25) is 5.91 Å². The van der Waals surface area contributed by atoms with Crippen LogP contribution >= 0.6 is 0 Å². The molecule has 1 amide bonds. The lowest BCUT2D eigenvalue weighted by Crippen LogP contribution is -2.49. The fourth-order valence-corrected chi connectivity index (χ4v) is 3.11. The zero-order valence-electron chi connectivity index (χ0n) is 12.4. The second-order valence-corrected chi connectivity index (χ2v) is 5.47. The van der Waals surface area contributed by atoms with Crippen molar-refractivity contribution in [3.05, 3.63) is 53.5 Å². The van der Waals surface area contributed by atoms with E-state index in [9.17, 15) is 4.79 Å². The van der Waals surface area contributed by atoms with Crippen molar-refractivity contribution in [3.63, 3.8) is 0 Å². The van der Waals surface area contributed by atoms with E-state index in [0.29, 0.717) is 0 Å². The third kappa shape index (κ3) is 2.31. The first-order chi connectivity index (χ1) is 10.2. The van der Waals surface area contributed by atoms with Gasteiger partial charge >= 0.3 is 0 Å². The maximum Gasteiger partial charge on any atom is 0.217 e. The molecule has 0 fully saturated rings. The molecule has 0 aliphatic carbocycles. The summed E-state index contributed by atoms with van der Waals surface area (Å²) in [4.78, 5) is 11.8. The van der Waals surface area contributed by atoms with E-state index < -0.39 is 5.54 Å². The number of anilines is 1. The van der Waals surface area contributed by atoms with Crippen LogP contribution in [0.3, 0.4) is 0 Å². The molecule has 1 atom stereocenters. The van der Waals surface area contributed by atoms with Gasteiger partial charge in [0.25, 0.3) is 0 Å². The third-order valence-corrected chi connectivity index (χ3v) is 4.10. The van der Waals surface area contributed by atoms with Crippen molar-refractivity contribution in [1.29, 1.82) is 0 Å². The van der Waals surface area contributed by atoms with E-state index in [1.807, 2.05) is 12.1 Å². The Balaban J connectivity index is 2.20. The number of hydrogen-bond acceptors (Lipinski definition) is 3. The number of nitrogens with one attached hydrogen (secondary N) is 2. The molecular weight excluding hydrogens is 264 g/mol. The van der Waals surface area contributed by atoms with Gasteiger partial charge in [-0.3, -0.25) is 4.79 Å². The van der Waals surface area contributed by atoms with Crippen molar-refractivity contribution in [2.24, 2.45) is 0 Å². The lowest BCUT2D eigenvalue weighted by molar-refractivity contribution is -0.120. The molecule has 0 radical (unpaired) electrons. The van der Waals surface area contributed by atoms with Crippen LogP contribution in [0.25, 0.3) is 0 Å². The summed E-state index contributed by atoms with van der Waals surface area (Å²) in [5.74, 6) is 0.731. The highest BCUT2D eigenvalue weighted by atomic mass is 16.3. The summed E-state index contributed by atoms with van der Waals surface area (Å²) in [6.45, 7) is 4.47. The Labute approximate surface area is 124 Å². The maximum absolute atomic E-state index is 11.8. The number of hydrogen-bond donors (Lipinski definition) is 2. The van der Waals surface area contributed by atoms with E-state index >= 15 is 0 Å². The second-order valence-electron chi connectivity index (χ2n) is 5.47. The Morgan fingerprint density at radius 3 is 2.95 bits per heavy atom. The van der Waals surface area contributed by atoms with Crippen LogP contribution in [0.5, 0.6) is 0 Å². The molecule has 0 bridgehead atoms. The average Bonchev–Trinajstić information content (AvgIpc) is 3.01. The molecule has 0 saturated carbocycles. The summed E-state index contributed by atoms with van der Waals surface area (Å²) < 4.78 is 5.67. The van der Waals surface area contributed by atoms with E-state index in [4.69, 9.17) is 4.42 Å². The quantitative estimate of drug-likeness (QED) is 0.911. The average molecular weight is 284 g/mol. The standard InChI is InChI=1S/C17H20N2O2/c1-3-13-6-7-15-14(11-13)17(8-9-18-15,19-12(2)20)16-5-4-10-21-16/h4-7,10-11,18H,3,8-9H2,1-2H3,(H,19,20). The number of fused-ring (bicyclic) bond motifs is 1. The molecule has 3 rings (SSSR count). The molecule has 1 aromatic heterocycles. The van der Waals surface area contributed by atoms with Crippen LogP contribution in [-0.2, 0) is 16.8 Å². The third-order valence-electron chi connectivity index (χ3n) is 4.10. The second kappa shape index (κ2) is 5.28. The Kier molecular flexibility index (Phi) is 3.45. The van der Waals surface area contributed by atoms with Gasteiger partial charge in [0.05, 0.1) is 6.26 Å². The molecular formula is C17H20N2O2. The van der Waals surface area contributed by atoms with Crippen LogP contribution in [0.1, 0.15) is 37.2 Å². The number of rotatable bonds is 3. The lowest BCUT2D eigenvalue weighted by Gasteiger charge is -2.38. The summed E-state index contributed by atoms with van der Waals surface area (Å²) in [5, 5.41) is 6.54. The molecule has 21 heavy (non-hydrogen) atoms. The normalized spacial score (nSPS) is 20.5. The Hall–Kier alpha value is -2.23. The zero-order chi connectivity index (χ0) is 14.9. The van der Waals surface area contributed by atoms with E-state index in [1.54, 1.807) is 13.2 Å². The number of carbonyl (C=O) groups is 1. The minimum Gasteiger partial charge on any atom is -0.466 e. The van der Waals surface area contributed by atoms with E-state index in [0.717, 1.165) is 36.4 Å². The van der Waals surface area contributed by atoms with Crippen LogP contribution in [0.4, 0.5) is 5.69 Å². The zero-order valence-corrected chi connectivity index (χ0v) is 12.4. The SMILES string of the molecule is CCc1ccc2c(c1)C(NC(C)=O)(c1ccco1)CCN2. The Bertz CT molecular complexity index is 649. The van der Waals surface area contributed by atoms with Crippen LogP contribution in [0.15, 0.2) is 41.0 Å². The van der Waals surface area contributed by atoms with Gasteiger partial charge in [0.15, 0.2) is 0 Å². The molecule has 1 aromatic carbocycles. The summed E-state index contributed by atoms with van der Waals surface area (Å²) in [6.07, 6.45) is 3.38. The van der Waals surface area contributed by atoms with Crippen LogP contribution in [0.2, 0.25) is 0 Å². The Morgan fingerprint density at radius 1 is 1.43 bits per heavy atom. The first-order valence-electron chi connectivity index (χ1n) is 7.36. The summed E-state index contributed by atoms with van der Waals surface area (Å²) in [7, 11) is 0. The molecule has 0 saturated heterocycles. The first kappa shape index (κ1) is 13.7. The number of amides is 1. The van der Waals surface area contributed by atoms with Crippen molar-refractivity contribution in [2.45, 2.75) is 32.2 Å². The van der Waals surface area contributed by atoms with E-state index in [2.05, 4.69) is 35.8 Å². The van der Waals surface area contributed by atoms with E-state index in [1.165, 1.54) is 5.56 Å². The minimum atomic E-state index is -0.582. The predicted molar refractivity (Wildman–Crippen MR) is 82.2 cm³/mol. The minimum absolute atomic E-state index is 0.0545. The molecule has 1 aliphatic heterocycles. The number of furan rings is 1. The van der Waals surface area contributed by atoms with Crippen LogP contribution < -0.4 is 10.6 Å². The molecule has 4 heteroatoms. The van der Waals surface area contributed by atoms with Crippen molar-refractivity contribution in [1.82, 2.24) is 5.32 Å². The molecule has 1 unspecified atom stereocenters. The van der Waals surface area contributed by atoms with Gasteiger partial charge in [-0.05, 0) is 36.6 Å². The van der Waals surface area contributed by atoms with Crippen molar-refractivity contribution < 1.29 is 9.21 Å². The first-order valence-corrected chi connectivity index (χ1v) is 7.36. The number of carbonyl (C=O) groups excluding carboxylic acids is 1. The number of aryl methyl sites for hydroxylation is 1. The highest BCUT2D eigenvalue weighted by Gasteiger charge is 2.41. The molecule has 2 heterocycles. The predicted octanol–water partition coefficient (Wildman–Crippen LogP) is 3.04. The summed E-state index contributed by atoms with van der Waals surface area (Å²) in [5.41, 5.74) is 2.81. The van der Waals surface area contributed by atoms with Gasteiger partial charge in [0, 0.05) is 24.7 Å². The van der Waals surface area contributed by atoms with Gasteiger partial charge in [-0.25, -0.2) is 0 Å². The monoisotopic (exact) mass is 284 g/mol. The van der Waals surface area contributed by atoms with Gasteiger partial charge in [0.1, 0.15) is 11.3 Å². The fourth-order valence-electron chi connectivity index (χ4n) is 3.11. The molecule has 1 aliphatic rings. The lowest BCUT2D eigenvalue weighted by atomic mass is 9.79. The van der Waals surface area contributed by atoms with Gasteiger partial charge < -0.3 is 15.1 Å². The van der Waals surface area contributed by atoms with Gasteiger partial charge in [-0.1, -0.05) is 19.1 Å². The van der Waals surface area contributed by atoms with Crippen molar-refractivity contribution in [3.8, 4) is 0 Å². The highest BCUT2D eigenvalue weighted by Crippen LogP contribution is 2.41. The Morgan fingerprint density at radius 2 is 2.29 bits per heavy atom. The van der Waals surface area contributed by atoms with Crippen LogP contribution in [-0.4, -0.2) is 12.5 Å². The largest absolute Gasteiger partial charge is 0.466 e. The fraction of sp³-hybridized carbons (Fsp3) is 0.353. The van der Waals surface area contributed by atoms with Gasteiger partial charge in [-0.15, -0.1) is 0 Å². The molecule has 110 valence electrons. The summed E-state index contributed by atoms with van der Waals surface area (Å²) in [6, 6.07) is 10.2. The topological polar surface area (TPSA) is 54.3 Å². The summed E-state index contributed by atoms with van der Waals surface area (Å²) >= 11 is 0. The smallest absolute Gasteiger partial charge is 0.217 e. The van der Waals surface area contributed by atoms with E-state index in [-0.39, 0.29) is 5.91 Å². The van der Waals surface area contributed by atoms with Gasteiger partial charge in [-0.2, -0.15) is 0 Å². The molecule has 4 nitrogen and oxygen atoms in total. The maximum atomic E-state index is 11.8. The molecule has 2 N–H and O–H groups in total. The molecule has 2 aromatic rings. The van der Waals surface area contributed by atoms with Crippen molar-refractivity contribution in [2.75, 3.05) is 11.9 Å².